The Morgan fingerprint density at radius 2 is 1.80 bits per heavy atom. The monoisotopic (exact) mass is 339 g/mol. The molecule has 0 unspecified atom stereocenters. The fourth-order valence-corrected chi connectivity index (χ4v) is 2.21. The van der Waals surface area contributed by atoms with Crippen LogP contribution in [0.25, 0.3) is 0 Å². The summed E-state index contributed by atoms with van der Waals surface area (Å²) in [6.45, 7) is 2.14. The molecule has 0 atom stereocenters. The van der Waals surface area contributed by atoms with E-state index in [0.717, 1.165) is 0 Å². The molecule has 20 heavy (non-hydrogen) atoms. The van der Waals surface area contributed by atoms with Crippen LogP contribution in [0, 0.1) is 11.6 Å². The highest BCUT2D eigenvalue weighted by atomic mass is 79.9. The molecule has 0 spiro atoms. The number of carbonyl (C=O) groups is 1. The molecule has 0 saturated heterocycles. The molecule has 0 aromatic heterocycles. The van der Waals surface area contributed by atoms with Gasteiger partial charge in [0.2, 0.25) is 0 Å². The summed E-state index contributed by atoms with van der Waals surface area (Å²) >= 11 is 3.15. The van der Waals surface area contributed by atoms with Crippen LogP contribution < -0.4 is 4.90 Å². The zero-order valence-electron chi connectivity index (χ0n) is 10.7. The fraction of sp³-hybridized carbons (Fsp3) is 0.133. The smallest absolute Gasteiger partial charge is 0.261 e. The molecule has 0 aliphatic heterocycles. The molecule has 0 fully saturated rings. The minimum absolute atomic E-state index is 0.0145. The van der Waals surface area contributed by atoms with Crippen molar-refractivity contribution >= 4 is 27.5 Å². The predicted molar refractivity (Wildman–Crippen MR) is 77.9 cm³/mol. The average molecular weight is 340 g/mol. The molecule has 2 nitrogen and oxygen atoms in total. The highest BCUT2D eigenvalue weighted by Crippen LogP contribution is 2.21. The topological polar surface area (TPSA) is 20.3 Å². The summed E-state index contributed by atoms with van der Waals surface area (Å²) in [5, 5.41) is 0. The summed E-state index contributed by atoms with van der Waals surface area (Å²) < 4.78 is 27.3. The Kier molecular flexibility index (Phi) is 4.49. The van der Waals surface area contributed by atoms with Crippen LogP contribution in [0.1, 0.15) is 17.3 Å². The van der Waals surface area contributed by atoms with Crippen molar-refractivity contribution in [2.75, 3.05) is 11.4 Å². The number of anilines is 1. The van der Waals surface area contributed by atoms with Crippen LogP contribution in [-0.2, 0) is 0 Å². The predicted octanol–water partition coefficient (Wildman–Crippen LogP) is 4.39. The fourth-order valence-electron chi connectivity index (χ4n) is 1.87. The molecule has 2 aromatic carbocycles. The van der Waals surface area contributed by atoms with Crippen LogP contribution in [0.4, 0.5) is 14.5 Å². The van der Waals surface area contributed by atoms with Crippen molar-refractivity contribution in [1.82, 2.24) is 0 Å². The van der Waals surface area contributed by atoms with E-state index in [2.05, 4.69) is 15.9 Å². The van der Waals surface area contributed by atoms with Crippen molar-refractivity contribution in [1.29, 1.82) is 0 Å². The lowest BCUT2D eigenvalue weighted by atomic mass is 10.1. The van der Waals surface area contributed by atoms with Gasteiger partial charge in [0.25, 0.3) is 5.91 Å². The van der Waals surface area contributed by atoms with Crippen molar-refractivity contribution in [2.24, 2.45) is 0 Å². The second kappa shape index (κ2) is 6.13. The lowest BCUT2D eigenvalue weighted by Gasteiger charge is -2.21. The summed E-state index contributed by atoms with van der Waals surface area (Å²) in [6, 6.07) is 9.79. The maximum atomic E-state index is 13.8. The van der Waals surface area contributed by atoms with Gasteiger partial charge in [0.1, 0.15) is 11.6 Å². The van der Waals surface area contributed by atoms with Gasteiger partial charge < -0.3 is 4.90 Å². The summed E-state index contributed by atoms with van der Waals surface area (Å²) in [6.07, 6.45) is 0. The highest BCUT2D eigenvalue weighted by Gasteiger charge is 2.19. The zero-order valence-corrected chi connectivity index (χ0v) is 12.3. The first kappa shape index (κ1) is 14.7. The number of benzene rings is 2. The van der Waals surface area contributed by atoms with E-state index < -0.39 is 11.7 Å². The minimum Gasteiger partial charge on any atom is -0.309 e. The highest BCUT2D eigenvalue weighted by molar-refractivity contribution is 9.10. The third-order valence-electron chi connectivity index (χ3n) is 2.86. The number of nitrogens with zero attached hydrogens (tertiary/aromatic N) is 1. The number of rotatable bonds is 3. The molecule has 1 amide bonds. The van der Waals surface area contributed by atoms with Crippen molar-refractivity contribution < 1.29 is 13.6 Å². The van der Waals surface area contributed by atoms with Gasteiger partial charge in [-0.15, -0.1) is 0 Å². The SMILES string of the molecule is CCN(C(=O)c1ccc(Br)cc1F)c1ccc(F)cc1. The minimum atomic E-state index is -0.593. The molecule has 104 valence electrons. The average Bonchev–Trinajstić information content (AvgIpc) is 2.41. The Bertz CT molecular complexity index is 628. The molecule has 0 heterocycles. The van der Waals surface area contributed by atoms with Crippen molar-refractivity contribution in [3.63, 3.8) is 0 Å². The van der Waals surface area contributed by atoms with Crippen LogP contribution >= 0.6 is 15.9 Å². The molecule has 0 radical (unpaired) electrons. The molecular weight excluding hydrogens is 328 g/mol. The molecule has 0 bridgehead atoms. The number of carbonyl (C=O) groups excluding carboxylic acids is 1. The van der Waals surface area contributed by atoms with Gasteiger partial charge in [0, 0.05) is 16.7 Å². The molecule has 0 aliphatic carbocycles. The Labute approximate surface area is 124 Å². The Hall–Kier alpha value is -1.75. The molecular formula is C15H12BrF2NO. The van der Waals surface area contributed by atoms with Crippen LogP contribution in [0.5, 0.6) is 0 Å². The first-order valence-corrected chi connectivity index (χ1v) is 6.84. The molecule has 0 saturated carbocycles. The Morgan fingerprint density at radius 1 is 1.15 bits per heavy atom. The first-order valence-electron chi connectivity index (χ1n) is 6.05. The maximum absolute atomic E-state index is 13.8. The van der Waals surface area contributed by atoms with Crippen molar-refractivity contribution in [2.45, 2.75) is 6.92 Å². The van der Waals surface area contributed by atoms with Gasteiger partial charge in [-0.25, -0.2) is 8.78 Å². The van der Waals surface area contributed by atoms with Gasteiger partial charge in [0.05, 0.1) is 5.56 Å². The second-order valence-corrected chi connectivity index (χ2v) is 5.07. The molecule has 5 heteroatoms. The Morgan fingerprint density at radius 3 is 2.35 bits per heavy atom. The standard InChI is InChI=1S/C15H12BrF2NO/c1-2-19(12-6-4-11(17)5-7-12)15(20)13-8-3-10(16)9-14(13)18/h3-9H,2H2,1H3. The van der Waals surface area contributed by atoms with Gasteiger partial charge in [-0.3, -0.25) is 4.79 Å². The number of hydrogen-bond acceptors (Lipinski definition) is 1. The summed E-state index contributed by atoms with van der Waals surface area (Å²) in [5.74, 6) is -1.43. The molecule has 0 N–H and O–H groups in total. The second-order valence-electron chi connectivity index (χ2n) is 4.15. The van der Waals surface area contributed by atoms with Crippen molar-refractivity contribution in [3.8, 4) is 0 Å². The van der Waals surface area contributed by atoms with E-state index in [1.165, 1.54) is 41.3 Å². The third-order valence-corrected chi connectivity index (χ3v) is 3.35. The number of amides is 1. The van der Waals surface area contributed by atoms with E-state index in [1.54, 1.807) is 13.0 Å². The lowest BCUT2D eigenvalue weighted by Crippen LogP contribution is -2.31. The molecule has 0 aliphatic rings. The van der Waals surface area contributed by atoms with Gasteiger partial charge in [0.15, 0.2) is 0 Å². The number of hydrogen-bond donors (Lipinski definition) is 0. The van der Waals surface area contributed by atoms with Crippen LogP contribution in [0.3, 0.4) is 0 Å². The van der Waals surface area contributed by atoms with E-state index in [4.69, 9.17) is 0 Å². The summed E-state index contributed by atoms with van der Waals surface area (Å²) in [4.78, 5) is 13.8. The van der Waals surface area contributed by atoms with Gasteiger partial charge in [-0.1, -0.05) is 15.9 Å². The summed E-state index contributed by atoms with van der Waals surface area (Å²) in [5.41, 5.74) is 0.514. The first-order chi connectivity index (χ1) is 9.52. The largest absolute Gasteiger partial charge is 0.309 e. The van der Waals surface area contributed by atoms with E-state index >= 15 is 0 Å². The van der Waals surface area contributed by atoms with Crippen molar-refractivity contribution in [3.05, 3.63) is 64.1 Å². The van der Waals surface area contributed by atoms with Gasteiger partial charge >= 0.3 is 0 Å². The maximum Gasteiger partial charge on any atom is 0.261 e. The normalized spacial score (nSPS) is 10.4. The zero-order chi connectivity index (χ0) is 14.7. The van der Waals surface area contributed by atoms with E-state index in [9.17, 15) is 13.6 Å². The van der Waals surface area contributed by atoms with Crippen LogP contribution in [0.15, 0.2) is 46.9 Å². The Balaban J connectivity index is 2.36. The number of halogens is 3. The lowest BCUT2D eigenvalue weighted by molar-refractivity contribution is 0.0984. The molecule has 2 rings (SSSR count). The van der Waals surface area contributed by atoms with E-state index in [1.807, 2.05) is 0 Å². The molecule has 2 aromatic rings. The van der Waals surface area contributed by atoms with Crippen LogP contribution in [0.2, 0.25) is 0 Å². The van der Waals surface area contributed by atoms with Gasteiger partial charge in [-0.2, -0.15) is 0 Å². The third kappa shape index (κ3) is 3.04. The summed E-state index contributed by atoms with van der Waals surface area (Å²) in [7, 11) is 0. The quantitative estimate of drug-likeness (QED) is 0.811. The van der Waals surface area contributed by atoms with E-state index in [0.29, 0.717) is 16.7 Å². The van der Waals surface area contributed by atoms with Gasteiger partial charge in [-0.05, 0) is 49.4 Å². The van der Waals surface area contributed by atoms with Crippen LogP contribution in [-0.4, -0.2) is 12.5 Å². The van der Waals surface area contributed by atoms with E-state index in [-0.39, 0.29) is 11.4 Å².